The summed E-state index contributed by atoms with van der Waals surface area (Å²) in [5.74, 6) is 1.98. The summed E-state index contributed by atoms with van der Waals surface area (Å²) in [6, 6.07) is 0.576. The van der Waals surface area contributed by atoms with Gasteiger partial charge in [-0.05, 0) is 37.9 Å². The Labute approximate surface area is 131 Å². The molecule has 2 aliphatic rings. The highest BCUT2D eigenvalue weighted by atomic mass is 32.2. The monoisotopic (exact) mass is 310 g/mol. The number of hydrogen-bond donors (Lipinski definition) is 1. The zero-order valence-corrected chi connectivity index (χ0v) is 14.3. The highest BCUT2D eigenvalue weighted by molar-refractivity contribution is 7.99. The summed E-state index contributed by atoms with van der Waals surface area (Å²) in [6.45, 7) is 5.56. The molecule has 1 aliphatic carbocycles. The SMILES string of the molecule is CC(C)NCC1CCCc2sc(C3CCCCS3)nc21. The van der Waals surface area contributed by atoms with Gasteiger partial charge in [0.25, 0.3) is 0 Å². The number of aryl methyl sites for hydroxylation is 1. The molecule has 20 heavy (non-hydrogen) atoms. The van der Waals surface area contributed by atoms with Crippen LogP contribution >= 0.6 is 23.1 Å². The van der Waals surface area contributed by atoms with Gasteiger partial charge in [-0.15, -0.1) is 11.3 Å². The molecule has 2 atom stereocenters. The molecule has 1 aromatic rings. The molecule has 0 aromatic carbocycles. The van der Waals surface area contributed by atoms with Gasteiger partial charge in [-0.2, -0.15) is 11.8 Å². The maximum absolute atomic E-state index is 5.09. The minimum absolute atomic E-state index is 0.576. The zero-order chi connectivity index (χ0) is 13.9. The first-order chi connectivity index (χ1) is 9.74. The molecule has 1 fully saturated rings. The summed E-state index contributed by atoms with van der Waals surface area (Å²) < 4.78 is 0. The van der Waals surface area contributed by atoms with Gasteiger partial charge in [-0.1, -0.05) is 20.3 Å². The summed E-state index contributed by atoms with van der Waals surface area (Å²) in [7, 11) is 0. The number of fused-ring (bicyclic) bond motifs is 1. The van der Waals surface area contributed by atoms with Crippen LogP contribution in [0.5, 0.6) is 0 Å². The van der Waals surface area contributed by atoms with Gasteiger partial charge in [0.2, 0.25) is 0 Å². The Morgan fingerprint density at radius 3 is 2.90 bits per heavy atom. The predicted octanol–water partition coefficient (Wildman–Crippen LogP) is 4.52. The molecule has 0 radical (unpaired) electrons. The van der Waals surface area contributed by atoms with E-state index in [2.05, 4.69) is 30.9 Å². The number of nitrogens with one attached hydrogen (secondary N) is 1. The van der Waals surface area contributed by atoms with Crippen LogP contribution in [0.4, 0.5) is 0 Å². The van der Waals surface area contributed by atoms with E-state index in [1.807, 2.05) is 11.3 Å². The van der Waals surface area contributed by atoms with Crippen LogP contribution in [0.25, 0.3) is 0 Å². The van der Waals surface area contributed by atoms with Gasteiger partial charge in [0, 0.05) is 23.4 Å². The van der Waals surface area contributed by atoms with Crippen LogP contribution in [0.2, 0.25) is 0 Å². The van der Waals surface area contributed by atoms with Crippen LogP contribution in [0, 0.1) is 0 Å². The third kappa shape index (κ3) is 3.40. The van der Waals surface area contributed by atoms with E-state index < -0.39 is 0 Å². The van der Waals surface area contributed by atoms with E-state index in [1.165, 1.54) is 55.0 Å². The second kappa shape index (κ2) is 6.80. The van der Waals surface area contributed by atoms with Crippen LogP contribution in [0.15, 0.2) is 0 Å². The van der Waals surface area contributed by atoms with E-state index >= 15 is 0 Å². The smallest absolute Gasteiger partial charge is 0.106 e. The lowest BCUT2D eigenvalue weighted by atomic mass is 9.91. The lowest BCUT2D eigenvalue weighted by Crippen LogP contribution is -2.29. The van der Waals surface area contributed by atoms with Crippen molar-refractivity contribution in [2.45, 2.75) is 69.6 Å². The van der Waals surface area contributed by atoms with E-state index in [0.29, 0.717) is 17.2 Å². The van der Waals surface area contributed by atoms with Crippen molar-refractivity contribution in [1.82, 2.24) is 10.3 Å². The number of rotatable bonds is 4. The summed E-state index contributed by atoms with van der Waals surface area (Å²) >= 11 is 4.15. The topological polar surface area (TPSA) is 24.9 Å². The lowest BCUT2D eigenvalue weighted by molar-refractivity contribution is 0.474. The molecule has 1 aromatic heterocycles. The van der Waals surface area contributed by atoms with Crippen molar-refractivity contribution >= 4 is 23.1 Å². The third-order valence-electron chi connectivity index (χ3n) is 4.31. The first-order valence-electron chi connectivity index (χ1n) is 8.08. The Hall–Kier alpha value is -0.0600. The summed E-state index contributed by atoms with van der Waals surface area (Å²) in [5.41, 5.74) is 1.44. The van der Waals surface area contributed by atoms with Gasteiger partial charge in [0.05, 0.1) is 10.9 Å². The molecular formula is C16H26N2S2. The molecule has 2 unspecified atom stereocenters. The first kappa shape index (κ1) is 14.9. The summed E-state index contributed by atoms with van der Waals surface area (Å²) in [6.07, 6.45) is 8.05. The number of aromatic nitrogens is 1. The summed E-state index contributed by atoms with van der Waals surface area (Å²) in [4.78, 5) is 6.68. The average molecular weight is 311 g/mol. The molecule has 2 heterocycles. The Morgan fingerprint density at radius 1 is 1.25 bits per heavy atom. The Balaban J connectivity index is 1.73. The quantitative estimate of drug-likeness (QED) is 0.885. The zero-order valence-electron chi connectivity index (χ0n) is 12.7. The molecule has 4 heteroatoms. The highest BCUT2D eigenvalue weighted by Gasteiger charge is 2.27. The first-order valence-corrected chi connectivity index (χ1v) is 9.95. The second-order valence-electron chi connectivity index (χ2n) is 6.37. The van der Waals surface area contributed by atoms with Gasteiger partial charge in [-0.3, -0.25) is 0 Å². The fourth-order valence-corrected chi connectivity index (χ4v) is 5.92. The van der Waals surface area contributed by atoms with Crippen molar-refractivity contribution in [2.24, 2.45) is 0 Å². The van der Waals surface area contributed by atoms with E-state index in [-0.39, 0.29) is 0 Å². The van der Waals surface area contributed by atoms with Gasteiger partial charge in [0.1, 0.15) is 5.01 Å². The van der Waals surface area contributed by atoms with Crippen LogP contribution in [-0.2, 0) is 6.42 Å². The maximum Gasteiger partial charge on any atom is 0.106 e. The summed E-state index contributed by atoms with van der Waals surface area (Å²) in [5, 5.41) is 5.72. The van der Waals surface area contributed by atoms with Crippen molar-refractivity contribution in [1.29, 1.82) is 0 Å². The van der Waals surface area contributed by atoms with Gasteiger partial charge in [-0.25, -0.2) is 4.98 Å². The Kier molecular flexibility index (Phi) is 5.05. The molecule has 1 N–H and O–H groups in total. The molecule has 0 saturated carbocycles. The second-order valence-corrected chi connectivity index (χ2v) is 8.79. The molecule has 0 bridgehead atoms. The van der Waals surface area contributed by atoms with Crippen LogP contribution in [0.1, 0.15) is 72.7 Å². The molecule has 0 spiro atoms. The number of thiazole rings is 1. The minimum Gasteiger partial charge on any atom is -0.314 e. The molecule has 112 valence electrons. The normalized spacial score (nSPS) is 26.8. The van der Waals surface area contributed by atoms with Gasteiger partial charge >= 0.3 is 0 Å². The molecular weight excluding hydrogens is 284 g/mol. The van der Waals surface area contributed by atoms with E-state index in [9.17, 15) is 0 Å². The molecule has 3 rings (SSSR count). The number of nitrogens with zero attached hydrogens (tertiary/aromatic N) is 1. The van der Waals surface area contributed by atoms with E-state index in [0.717, 1.165) is 6.54 Å². The average Bonchev–Trinajstić information content (AvgIpc) is 2.90. The van der Waals surface area contributed by atoms with Crippen molar-refractivity contribution in [3.05, 3.63) is 15.6 Å². The van der Waals surface area contributed by atoms with Crippen molar-refractivity contribution in [2.75, 3.05) is 12.3 Å². The molecule has 2 nitrogen and oxygen atoms in total. The largest absolute Gasteiger partial charge is 0.314 e. The minimum atomic E-state index is 0.576. The Morgan fingerprint density at radius 2 is 2.15 bits per heavy atom. The van der Waals surface area contributed by atoms with E-state index in [4.69, 9.17) is 4.98 Å². The molecule has 1 saturated heterocycles. The number of hydrogen-bond acceptors (Lipinski definition) is 4. The number of thioether (sulfide) groups is 1. The van der Waals surface area contributed by atoms with Crippen LogP contribution in [-0.4, -0.2) is 23.3 Å². The fraction of sp³-hybridized carbons (Fsp3) is 0.812. The van der Waals surface area contributed by atoms with E-state index in [1.54, 1.807) is 4.88 Å². The maximum atomic E-state index is 5.09. The predicted molar refractivity (Wildman–Crippen MR) is 90.0 cm³/mol. The van der Waals surface area contributed by atoms with Crippen LogP contribution < -0.4 is 5.32 Å². The third-order valence-corrected chi connectivity index (χ3v) is 7.09. The Bertz CT molecular complexity index is 436. The molecule has 1 aliphatic heterocycles. The standard InChI is InChI=1S/C16H26N2S2/c1-11(2)17-10-12-6-5-8-13-15(12)18-16(20-13)14-7-3-4-9-19-14/h11-12,14,17H,3-10H2,1-2H3. The van der Waals surface area contributed by atoms with Crippen molar-refractivity contribution in [3.63, 3.8) is 0 Å². The molecule has 0 amide bonds. The van der Waals surface area contributed by atoms with Crippen molar-refractivity contribution in [3.8, 4) is 0 Å². The van der Waals surface area contributed by atoms with Gasteiger partial charge in [0.15, 0.2) is 0 Å². The highest BCUT2D eigenvalue weighted by Crippen LogP contribution is 2.43. The van der Waals surface area contributed by atoms with Crippen molar-refractivity contribution < 1.29 is 0 Å². The van der Waals surface area contributed by atoms with Crippen LogP contribution in [0.3, 0.4) is 0 Å². The lowest BCUT2D eigenvalue weighted by Gasteiger charge is -2.22. The van der Waals surface area contributed by atoms with Gasteiger partial charge < -0.3 is 5.32 Å². The fourth-order valence-electron chi connectivity index (χ4n) is 3.18.